The van der Waals surface area contributed by atoms with Gasteiger partial charge in [-0.25, -0.2) is 0 Å². The van der Waals surface area contributed by atoms with Crippen LogP contribution < -0.4 is 5.73 Å². The van der Waals surface area contributed by atoms with Crippen LogP contribution in [0.25, 0.3) is 0 Å². The second-order valence-corrected chi connectivity index (χ2v) is 7.05. The highest BCUT2D eigenvalue weighted by molar-refractivity contribution is 5.85. The molecule has 3 nitrogen and oxygen atoms in total. The molecule has 0 radical (unpaired) electrons. The second kappa shape index (κ2) is 7.49. The number of rotatable bonds is 3. The van der Waals surface area contributed by atoms with Crippen LogP contribution >= 0.6 is 12.4 Å². The average Bonchev–Trinajstić information content (AvgIpc) is 2.27. The van der Waals surface area contributed by atoms with Crippen molar-refractivity contribution in [2.24, 2.45) is 23.0 Å². The van der Waals surface area contributed by atoms with Crippen LogP contribution in [-0.4, -0.2) is 29.9 Å². The van der Waals surface area contributed by atoms with Crippen LogP contribution in [0.15, 0.2) is 0 Å². The zero-order valence-corrected chi connectivity index (χ0v) is 13.9. The SMILES string of the molecule is CC(N)C1CCN(C(=O)CC(C)C(C)(C)C)CC1.Cl. The van der Waals surface area contributed by atoms with Gasteiger partial charge in [-0.1, -0.05) is 27.7 Å². The smallest absolute Gasteiger partial charge is 0.222 e. The minimum atomic E-state index is 0. The molecule has 1 fully saturated rings. The molecule has 1 aliphatic rings. The lowest BCUT2D eigenvalue weighted by Crippen LogP contribution is -2.43. The van der Waals surface area contributed by atoms with Gasteiger partial charge >= 0.3 is 0 Å². The molecule has 2 unspecified atom stereocenters. The highest BCUT2D eigenvalue weighted by atomic mass is 35.5. The number of amides is 1. The summed E-state index contributed by atoms with van der Waals surface area (Å²) in [5.74, 6) is 1.34. The first-order valence-corrected chi connectivity index (χ1v) is 7.25. The Morgan fingerprint density at radius 1 is 1.26 bits per heavy atom. The molecule has 1 amide bonds. The normalized spacial score (nSPS) is 20.6. The summed E-state index contributed by atoms with van der Waals surface area (Å²) in [5.41, 5.74) is 6.13. The van der Waals surface area contributed by atoms with Gasteiger partial charge in [0.1, 0.15) is 0 Å². The van der Waals surface area contributed by atoms with E-state index in [9.17, 15) is 4.79 Å². The average molecular weight is 291 g/mol. The van der Waals surface area contributed by atoms with Crippen molar-refractivity contribution in [2.45, 2.75) is 59.9 Å². The molecule has 0 aliphatic carbocycles. The lowest BCUT2D eigenvalue weighted by molar-refractivity contribution is -0.134. The van der Waals surface area contributed by atoms with E-state index in [1.165, 1.54) is 0 Å². The largest absolute Gasteiger partial charge is 0.343 e. The molecule has 0 saturated carbocycles. The standard InChI is InChI=1S/C15H30N2O.ClH/c1-11(15(3,4)5)10-14(18)17-8-6-13(7-9-17)12(2)16;/h11-13H,6-10,16H2,1-5H3;1H. The topological polar surface area (TPSA) is 46.3 Å². The van der Waals surface area contributed by atoms with E-state index < -0.39 is 0 Å². The molecule has 1 aliphatic heterocycles. The zero-order valence-electron chi connectivity index (χ0n) is 13.1. The maximum atomic E-state index is 12.2. The van der Waals surface area contributed by atoms with Crippen LogP contribution in [0.4, 0.5) is 0 Å². The third kappa shape index (κ3) is 5.70. The zero-order chi connectivity index (χ0) is 13.9. The minimum Gasteiger partial charge on any atom is -0.343 e. The molecule has 2 N–H and O–H groups in total. The maximum absolute atomic E-state index is 12.2. The highest BCUT2D eigenvalue weighted by Gasteiger charge is 2.28. The minimum absolute atomic E-state index is 0. The Balaban J connectivity index is 0.00000324. The summed E-state index contributed by atoms with van der Waals surface area (Å²) in [5, 5.41) is 0. The lowest BCUT2D eigenvalue weighted by atomic mass is 9.79. The van der Waals surface area contributed by atoms with Crippen molar-refractivity contribution in [1.29, 1.82) is 0 Å². The van der Waals surface area contributed by atoms with Crippen molar-refractivity contribution in [3.8, 4) is 0 Å². The molecule has 0 aromatic rings. The van der Waals surface area contributed by atoms with Crippen molar-refractivity contribution in [3.63, 3.8) is 0 Å². The van der Waals surface area contributed by atoms with Gasteiger partial charge in [-0.3, -0.25) is 4.79 Å². The maximum Gasteiger partial charge on any atom is 0.222 e. The van der Waals surface area contributed by atoms with Gasteiger partial charge in [0, 0.05) is 25.6 Å². The van der Waals surface area contributed by atoms with Gasteiger partial charge in [0.05, 0.1) is 0 Å². The van der Waals surface area contributed by atoms with Gasteiger partial charge in [0.25, 0.3) is 0 Å². The molecule has 0 aromatic carbocycles. The Bertz CT molecular complexity index is 278. The molecule has 2 atom stereocenters. The van der Waals surface area contributed by atoms with E-state index in [0.717, 1.165) is 25.9 Å². The Morgan fingerprint density at radius 2 is 1.74 bits per heavy atom. The van der Waals surface area contributed by atoms with Crippen LogP contribution in [0.5, 0.6) is 0 Å². The quantitative estimate of drug-likeness (QED) is 0.868. The van der Waals surface area contributed by atoms with Gasteiger partial charge in [0.2, 0.25) is 5.91 Å². The van der Waals surface area contributed by atoms with Crippen molar-refractivity contribution in [1.82, 2.24) is 4.90 Å². The summed E-state index contributed by atoms with van der Waals surface area (Å²) < 4.78 is 0. The number of piperidine rings is 1. The summed E-state index contributed by atoms with van der Waals surface area (Å²) in [6.07, 6.45) is 2.80. The monoisotopic (exact) mass is 290 g/mol. The first-order chi connectivity index (χ1) is 8.21. The van der Waals surface area contributed by atoms with E-state index in [2.05, 4.69) is 34.6 Å². The predicted molar refractivity (Wildman–Crippen MR) is 83.4 cm³/mol. The van der Waals surface area contributed by atoms with Gasteiger partial charge in [0.15, 0.2) is 0 Å². The molecular weight excluding hydrogens is 260 g/mol. The number of carbonyl (C=O) groups is 1. The number of hydrogen-bond donors (Lipinski definition) is 1. The van der Waals surface area contributed by atoms with Crippen molar-refractivity contribution >= 4 is 18.3 Å². The molecule has 19 heavy (non-hydrogen) atoms. The van der Waals surface area contributed by atoms with E-state index in [1.807, 2.05) is 4.90 Å². The summed E-state index contributed by atoms with van der Waals surface area (Å²) in [4.78, 5) is 14.3. The number of nitrogens with two attached hydrogens (primary N) is 1. The second-order valence-electron chi connectivity index (χ2n) is 7.05. The van der Waals surface area contributed by atoms with E-state index in [4.69, 9.17) is 5.73 Å². The third-order valence-electron chi connectivity index (χ3n) is 4.60. The van der Waals surface area contributed by atoms with Crippen molar-refractivity contribution in [3.05, 3.63) is 0 Å². The van der Waals surface area contributed by atoms with Crippen LogP contribution in [0.1, 0.15) is 53.9 Å². The van der Waals surface area contributed by atoms with E-state index in [1.54, 1.807) is 0 Å². The highest BCUT2D eigenvalue weighted by Crippen LogP contribution is 2.29. The molecule has 0 bridgehead atoms. The fourth-order valence-electron chi connectivity index (χ4n) is 2.37. The summed E-state index contributed by atoms with van der Waals surface area (Å²) in [6.45, 7) is 12.6. The first kappa shape index (κ1) is 18.7. The lowest BCUT2D eigenvalue weighted by Gasteiger charge is -2.35. The molecule has 114 valence electrons. The van der Waals surface area contributed by atoms with Gasteiger partial charge in [-0.15, -0.1) is 12.4 Å². The van der Waals surface area contributed by atoms with Crippen molar-refractivity contribution in [2.75, 3.05) is 13.1 Å². The molecule has 0 spiro atoms. The van der Waals surface area contributed by atoms with Crippen LogP contribution in [-0.2, 0) is 4.79 Å². The number of hydrogen-bond acceptors (Lipinski definition) is 2. The van der Waals surface area contributed by atoms with Gasteiger partial charge in [-0.05, 0) is 37.0 Å². The molecule has 1 saturated heterocycles. The Labute approximate surface area is 124 Å². The molecule has 1 heterocycles. The third-order valence-corrected chi connectivity index (χ3v) is 4.60. The van der Waals surface area contributed by atoms with E-state index in [-0.39, 0.29) is 23.9 Å². The van der Waals surface area contributed by atoms with Crippen molar-refractivity contribution < 1.29 is 4.79 Å². The van der Waals surface area contributed by atoms with Crippen LogP contribution in [0.3, 0.4) is 0 Å². The van der Waals surface area contributed by atoms with E-state index in [0.29, 0.717) is 24.2 Å². The van der Waals surface area contributed by atoms with Crippen LogP contribution in [0.2, 0.25) is 0 Å². The number of halogens is 1. The Kier molecular flexibility index (Phi) is 7.38. The molecule has 4 heteroatoms. The molecular formula is C15H31ClN2O. The van der Waals surface area contributed by atoms with Crippen LogP contribution in [0, 0.1) is 17.3 Å². The molecule has 1 rings (SSSR count). The van der Waals surface area contributed by atoms with E-state index >= 15 is 0 Å². The Hall–Kier alpha value is -0.280. The number of carbonyl (C=O) groups excluding carboxylic acids is 1. The summed E-state index contributed by atoms with van der Waals surface area (Å²) in [6, 6.07) is 0.260. The Morgan fingerprint density at radius 3 is 2.11 bits per heavy atom. The number of likely N-dealkylation sites (tertiary alicyclic amines) is 1. The fourth-order valence-corrected chi connectivity index (χ4v) is 2.37. The predicted octanol–water partition coefficient (Wildman–Crippen LogP) is 3.07. The van der Waals surface area contributed by atoms with Gasteiger partial charge in [-0.2, -0.15) is 0 Å². The summed E-state index contributed by atoms with van der Waals surface area (Å²) in [7, 11) is 0. The summed E-state index contributed by atoms with van der Waals surface area (Å²) >= 11 is 0. The first-order valence-electron chi connectivity index (χ1n) is 7.25. The number of nitrogens with zero attached hydrogens (tertiary/aromatic N) is 1. The molecule has 0 aromatic heterocycles. The fraction of sp³-hybridized carbons (Fsp3) is 0.933. The van der Waals surface area contributed by atoms with Gasteiger partial charge < -0.3 is 10.6 Å².